The highest BCUT2D eigenvalue weighted by molar-refractivity contribution is 7.11. The maximum atomic E-state index is 12.8. The second-order valence-electron chi connectivity index (χ2n) is 6.76. The molecule has 0 saturated carbocycles. The van der Waals surface area contributed by atoms with Crippen LogP contribution in [0.3, 0.4) is 0 Å². The van der Waals surface area contributed by atoms with Crippen LogP contribution < -0.4 is 14.8 Å². The molecule has 0 radical (unpaired) electrons. The normalized spacial score (nSPS) is 12.9. The monoisotopic (exact) mass is 432 g/mol. The van der Waals surface area contributed by atoms with Crippen molar-refractivity contribution < 1.29 is 18.7 Å². The van der Waals surface area contributed by atoms with Gasteiger partial charge in [0.2, 0.25) is 5.91 Å². The zero-order valence-corrected chi connectivity index (χ0v) is 17.5. The lowest BCUT2D eigenvalue weighted by molar-refractivity contribution is -0.117. The van der Waals surface area contributed by atoms with Gasteiger partial charge in [-0.25, -0.2) is 0 Å². The highest BCUT2D eigenvalue weighted by Gasteiger charge is 2.19. The van der Waals surface area contributed by atoms with Gasteiger partial charge in [0.15, 0.2) is 11.5 Å². The molecule has 0 fully saturated rings. The lowest BCUT2D eigenvalue weighted by Gasteiger charge is -2.22. The third kappa shape index (κ3) is 5.12. The average Bonchev–Trinajstić information content (AvgIpc) is 3.34. The number of hydrogen-bond donors (Lipinski definition) is 1. The summed E-state index contributed by atoms with van der Waals surface area (Å²) in [5.41, 5.74) is 0.505. The molecule has 0 spiro atoms. The molecule has 0 atom stereocenters. The van der Waals surface area contributed by atoms with Crippen molar-refractivity contribution in [3.63, 3.8) is 0 Å². The Morgan fingerprint density at radius 2 is 1.97 bits per heavy atom. The number of fused-ring (bicyclic) bond motifs is 1. The van der Waals surface area contributed by atoms with E-state index < -0.39 is 0 Å². The van der Waals surface area contributed by atoms with Gasteiger partial charge in [-0.2, -0.15) is 0 Å². The first-order chi connectivity index (χ1) is 14.1. The third-order valence-electron chi connectivity index (χ3n) is 4.41. The molecular weight excluding hydrogens is 412 g/mol. The fraction of sp³-hybridized carbons (Fsp3) is 0.286. The number of ether oxygens (including phenoxy) is 2. The Bertz CT molecular complexity index is 987. The first kappa shape index (κ1) is 19.8. The summed E-state index contributed by atoms with van der Waals surface area (Å²) in [6.07, 6.45) is 1.64. The number of nitrogens with zero attached hydrogens (tertiary/aromatic N) is 1. The number of hydrogen-bond acceptors (Lipinski definition) is 6. The molecule has 1 N–H and O–H groups in total. The van der Waals surface area contributed by atoms with E-state index in [1.807, 2.05) is 17.0 Å². The summed E-state index contributed by atoms with van der Waals surface area (Å²) in [5.74, 6) is 1.82. The third-order valence-corrected chi connectivity index (χ3v) is 5.71. The van der Waals surface area contributed by atoms with Crippen LogP contribution in [0.4, 0.5) is 5.69 Å². The number of benzene rings is 1. The van der Waals surface area contributed by atoms with E-state index in [2.05, 4.69) is 24.4 Å². The number of rotatable bonds is 7. The molecule has 3 heterocycles. The molecule has 0 saturated heterocycles. The van der Waals surface area contributed by atoms with E-state index in [0.29, 0.717) is 48.5 Å². The van der Waals surface area contributed by atoms with Crippen molar-refractivity contribution in [2.45, 2.75) is 20.0 Å². The lowest BCUT2D eigenvalue weighted by atomic mass is 10.2. The molecule has 1 aromatic carbocycles. The topological polar surface area (TPSA) is 63.9 Å². The van der Waals surface area contributed by atoms with Crippen molar-refractivity contribution in [1.29, 1.82) is 0 Å². The smallest absolute Gasteiger partial charge is 0.238 e. The summed E-state index contributed by atoms with van der Waals surface area (Å²) >= 11 is 8.03. The minimum absolute atomic E-state index is 0.164. The molecule has 1 amide bonds. The summed E-state index contributed by atoms with van der Waals surface area (Å²) in [6, 6.07) is 11.3. The molecule has 0 aliphatic carbocycles. The summed E-state index contributed by atoms with van der Waals surface area (Å²) in [7, 11) is 0. The van der Waals surface area contributed by atoms with Crippen molar-refractivity contribution in [3.8, 4) is 11.5 Å². The van der Waals surface area contributed by atoms with Gasteiger partial charge >= 0.3 is 0 Å². The van der Waals surface area contributed by atoms with Crippen LogP contribution in [0.15, 0.2) is 47.1 Å². The van der Waals surface area contributed by atoms with Crippen LogP contribution in [-0.2, 0) is 17.9 Å². The van der Waals surface area contributed by atoms with Crippen molar-refractivity contribution in [1.82, 2.24) is 4.90 Å². The first-order valence-corrected chi connectivity index (χ1v) is 10.5. The van der Waals surface area contributed by atoms with Crippen LogP contribution in [0.25, 0.3) is 0 Å². The predicted octanol–water partition coefficient (Wildman–Crippen LogP) is 4.72. The van der Waals surface area contributed by atoms with Crippen molar-refractivity contribution in [3.05, 3.63) is 63.2 Å². The summed E-state index contributed by atoms with van der Waals surface area (Å²) in [5, 5.41) is 3.30. The number of thiophene rings is 1. The van der Waals surface area contributed by atoms with E-state index in [4.69, 9.17) is 25.5 Å². The van der Waals surface area contributed by atoms with Gasteiger partial charge in [0.05, 0.1) is 30.1 Å². The van der Waals surface area contributed by atoms with Gasteiger partial charge in [-0.1, -0.05) is 11.6 Å². The molecule has 0 unspecified atom stereocenters. The molecule has 8 heteroatoms. The maximum absolute atomic E-state index is 12.8. The van der Waals surface area contributed by atoms with Crippen molar-refractivity contribution in [2.75, 3.05) is 25.1 Å². The molecule has 2 aromatic heterocycles. The number of aryl methyl sites for hydroxylation is 1. The molecule has 6 nitrogen and oxygen atoms in total. The summed E-state index contributed by atoms with van der Waals surface area (Å²) in [6.45, 7) is 4.41. The molecule has 0 bridgehead atoms. The second kappa shape index (κ2) is 8.90. The Kier molecular flexibility index (Phi) is 6.08. The van der Waals surface area contributed by atoms with E-state index in [0.717, 1.165) is 5.76 Å². The van der Waals surface area contributed by atoms with Crippen molar-refractivity contribution >= 4 is 34.5 Å². The number of anilines is 1. The Morgan fingerprint density at radius 3 is 2.66 bits per heavy atom. The van der Waals surface area contributed by atoms with Gasteiger partial charge in [0.25, 0.3) is 0 Å². The molecule has 1 aliphatic rings. The fourth-order valence-corrected chi connectivity index (χ4v) is 4.27. The fourth-order valence-electron chi connectivity index (χ4n) is 3.13. The van der Waals surface area contributed by atoms with E-state index in [9.17, 15) is 4.79 Å². The second-order valence-corrected chi connectivity index (χ2v) is 8.54. The molecule has 3 aromatic rings. The number of carbonyl (C=O) groups excluding carboxylic acids is 1. The Hall–Kier alpha value is -2.48. The summed E-state index contributed by atoms with van der Waals surface area (Å²) in [4.78, 5) is 17.2. The van der Waals surface area contributed by atoms with Crippen LogP contribution >= 0.6 is 22.9 Å². The van der Waals surface area contributed by atoms with Gasteiger partial charge in [0, 0.05) is 28.4 Å². The SMILES string of the molecule is Cc1ccc(CN(CC(=O)Nc2cc3c(cc2Cl)OCCO3)Cc2ccco2)s1. The molecule has 4 rings (SSSR count). The van der Waals surface area contributed by atoms with Crippen LogP contribution in [0.1, 0.15) is 15.5 Å². The molecular formula is C21H21ClN2O4S. The van der Waals surface area contributed by atoms with Gasteiger partial charge in [0.1, 0.15) is 19.0 Å². The van der Waals surface area contributed by atoms with Gasteiger partial charge in [-0.3, -0.25) is 9.69 Å². The van der Waals surface area contributed by atoms with Crippen LogP contribution in [-0.4, -0.2) is 30.6 Å². The Balaban J connectivity index is 1.45. The zero-order valence-electron chi connectivity index (χ0n) is 15.9. The molecule has 152 valence electrons. The maximum Gasteiger partial charge on any atom is 0.238 e. The number of nitrogens with one attached hydrogen (secondary N) is 1. The average molecular weight is 433 g/mol. The van der Waals surface area contributed by atoms with E-state index >= 15 is 0 Å². The molecule has 29 heavy (non-hydrogen) atoms. The van der Waals surface area contributed by atoms with Gasteiger partial charge < -0.3 is 19.2 Å². The highest BCUT2D eigenvalue weighted by Crippen LogP contribution is 2.38. The minimum Gasteiger partial charge on any atom is -0.486 e. The van der Waals surface area contributed by atoms with E-state index in [1.54, 1.807) is 29.7 Å². The van der Waals surface area contributed by atoms with Gasteiger partial charge in [-0.15, -0.1) is 11.3 Å². The highest BCUT2D eigenvalue weighted by atomic mass is 35.5. The number of halogens is 1. The zero-order chi connectivity index (χ0) is 20.2. The Labute approximate surface area is 178 Å². The quantitative estimate of drug-likeness (QED) is 0.585. The van der Waals surface area contributed by atoms with E-state index in [1.165, 1.54) is 9.75 Å². The van der Waals surface area contributed by atoms with Crippen LogP contribution in [0.2, 0.25) is 5.02 Å². The largest absolute Gasteiger partial charge is 0.486 e. The minimum atomic E-state index is -0.164. The lowest BCUT2D eigenvalue weighted by Crippen LogP contribution is -2.32. The number of furan rings is 1. The van der Waals surface area contributed by atoms with Crippen LogP contribution in [0, 0.1) is 6.92 Å². The molecule has 1 aliphatic heterocycles. The van der Waals surface area contributed by atoms with Crippen molar-refractivity contribution in [2.24, 2.45) is 0 Å². The number of carbonyl (C=O) groups is 1. The summed E-state index contributed by atoms with van der Waals surface area (Å²) < 4.78 is 16.6. The standard InChI is InChI=1S/C21H21ClN2O4S/c1-14-4-5-16(29-14)12-24(11-15-3-2-6-26-15)13-21(25)23-18-10-20-19(9-17(18)22)27-7-8-28-20/h2-6,9-10H,7-8,11-13H2,1H3,(H,23,25). The van der Waals surface area contributed by atoms with Gasteiger partial charge in [-0.05, 0) is 31.2 Å². The first-order valence-electron chi connectivity index (χ1n) is 9.26. The predicted molar refractivity (Wildman–Crippen MR) is 113 cm³/mol. The Morgan fingerprint density at radius 1 is 1.17 bits per heavy atom. The number of amides is 1. The van der Waals surface area contributed by atoms with Crippen LogP contribution in [0.5, 0.6) is 11.5 Å². The van der Waals surface area contributed by atoms with E-state index in [-0.39, 0.29) is 12.5 Å².